The second-order valence-corrected chi connectivity index (χ2v) is 4.47. The number of amides is 1. The maximum Gasteiger partial charge on any atom is 0.220 e. The smallest absolute Gasteiger partial charge is 0.220 e. The van der Waals surface area contributed by atoms with E-state index in [0.717, 1.165) is 5.69 Å². The van der Waals surface area contributed by atoms with Crippen molar-refractivity contribution >= 4 is 5.91 Å². The van der Waals surface area contributed by atoms with Crippen molar-refractivity contribution in [1.29, 1.82) is 0 Å². The summed E-state index contributed by atoms with van der Waals surface area (Å²) in [5.74, 6) is 0.401. The second-order valence-electron chi connectivity index (χ2n) is 4.47. The van der Waals surface area contributed by atoms with Crippen molar-refractivity contribution in [2.24, 2.45) is 11.7 Å². The Morgan fingerprint density at radius 3 is 2.76 bits per heavy atom. The molecule has 1 unspecified atom stereocenters. The molecule has 0 aromatic carbocycles. The lowest BCUT2D eigenvalue weighted by Gasteiger charge is -2.20. The number of hydrogen-bond acceptors (Lipinski definition) is 3. The van der Waals surface area contributed by atoms with E-state index in [-0.39, 0.29) is 11.9 Å². The van der Waals surface area contributed by atoms with E-state index in [0.29, 0.717) is 25.3 Å². The number of carbonyl (C=O) groups excluding carboxylic acids is 1. The molecule has 4 heteroatoms. The van der Waals surface area contributed by atoms with Crippen molar-refractivity contribution < 1.29 is 4.79 Å². The molecule has 1 atom stereocenters. The summed E-state index contributed by atoms with van der Waals surface area (Å²) in [4.78, 5) is 15.9. The van der Waals surface area contributed by atoms with E-state index in [4.69, 9.17) is 5.73 Å². The minimum Gasteiger partial charge on any atom is -0.352 e. The molecule has 0 spiro atoms. The highest BCUT2D eigenvalue weighted by Crippen LogP contribution is 2.02. The maximum absolute atomic E-state index is 11.7. The molecule has 1 rings (SSSR count). The van der Waals surface area contributed by atoms with Gasteiger partial charge < -0.3 is 11.1 Å². The number of nitrogens with two attached hydrogens (primary N) is 1. The van der Waals surface area contributed by atoms with E-state index >= 15 is 0 Å². The lowest BCUT2D eigenvalue weighted by atomic mass is 10.0. The van der Waals surface area contributed by atoms with Gasteiger partial charge in [-0.05, 0) is 24.5 Å². The van der Waals surface area contributed by atoms with E-state index in [1.54, 1.807) is 6.20 Å². The molecule has 94 valence electrons. The topological polar surface area (TPSA) is 68.0 Å². The van der Waals surface area contributed by atoms with Crippen LogP contribution in [0.3, 0.4) is 0 Å². The molecule has 0 fully saturated rings. The van der Waals surface area contributed by atoms with Crippen LogP contribution in [0.15, 0.2) is 24.4 Å². The van der Waals surface area contributed by atoms with Crippen molar-refractivity contribution in [3.05, 3.63) is 30.1 Å². The van der Waals surface area contributed by atoms with Crippen molar-refractivity contribution in [3.63, 3.8) is 0 Å². The zero-order valence-electron chi connectivity index (χ0n) is 10.5. The average Bonchev–Trinajstić information content (AvgIpc) is 2.34. The predicted octanol–water partition coefficient (Wildman–Crippen LogP) is 1.11. The molecule has 0 saturated heterocycles. The highest BCUT2D eigenvalue weighted by atomic mass is 16.1. The monoisotopic (exact) mass is 235 g/mol. The van der Waals surface area contributed by atoms with Gasteiger partial charge in [0.2, 0.25) is 5.91 Å². The average molecular weight is 235 g/mol. The van der Waals surface area contributed by atoms with Crippen LogP contribution in [-0.4, -0.2) is 23.5 Å². The Hall–Kier alpha value is -1.42. The molecule has 1 amide bonds. The van der Waals surface area contributed by atoms with Crippen molar-refractivity contribution in [3.8, 4) is 0 Å². The van der Waals surface area contributed by atoms with E-state index in [9.17, 15) is 4.79 Å². The van der Waals surface area contributed by atoms with Crippen LogP contribution in [0.25, 0.3) is 0 Å². The van der Waals surface area contributed by atoms with Crippen molar-refractivity contribution in [2.45, 2.75) is 32.7 Å². The van der Waals surface area contributed by atoms with Gasteiger partial charge in [0, 0.05) is 30.9 Å². The quantitative estimate of drug-likeness (QED) is 0.776. The van der Waals surface area contributed by atoms with Gasteiger partial charge in [0.25, 0.3) is 0 Å². The van der Waals surface area contributed by atoms with Crippen molar-refractivity contribution in [2.75, 3.05) is 6.54 Å². The molecule has 0 aliphatic heterocycles. The largest absolute Gasteiger partial charge is 0.352 e. The first-order chi connectivity index (χ1) is 8.13. The normalized spacial score (nSPS) is 12.5. The molecular weight excluding hydrogens is 214 g/mol. The minimum absolute atomic E-state index is 0.0415. The fraction of sp³-hybridized carbons (Fsp3) is 0.538. The van der Waals surface area contributed by atoms with E-state index in [2.05, 4.69) is 24.1 Å². The van der Waals surface area contributed by atoms with Gasteiger partial charge in [0.1, 0.15) is 0 Å². The summed E-state index contributed by atoms with van der Waals surface area (Å²) in [5, 5.41) is 2.94. The fourth-order valence-corrected chi connectivity index (χ4v) is 1.56. The van der Waals surface area contributed by atoms with Gasteiger partial charge in [-0.2, -0.15) is 0 Å². The summed E-state index contributed by atoms with van der Waals surface area (Å²) in [6.07, 6.45) is 2.87. The fourth-order valence-electron chi connectivity index (χ4n) is 1.56. The Bertz CT molecular complexity index is 338. The van der Waals surface area contributed by atoms with Gasteiger partial charge >= 0.3 is 0 Å². The maximum atomic E-state index is 11.7. The number of nitrogens with zero attached hydrogens (tertiary/aromatic N) is 1. The molecule has 4 nitrogen and oxygen atoms in total. The molecule has 0 aliphatic rings. The summed E-state index contributed by atoms with van der Waals surface area (Å²) < 4.78 is 0. The first kappa shape index (κ1) is 13.6. The number of pyridine rings is 1. The van der Waals surface area contributed by atoms with E-state index in [1.807, 2.05) is 18.2 Å². The highest BCUT2D eigenvalue weighted by Gasteiger charge is 2.13. The molecule has 0 saturated carbocycles. The third-order valence-electron chi connectivity index (χ3n) is 2.74. The summed E-state index contributed by atoms with van der Waals surface area (Å²) in [5.41, 5.74) is 6.54. The van der Waals surface area contributed by atoms with Crippen LogP contribution in [0.4, 0.5) is 0 Å². The SMILES string of the molecule is CC(C)C(CN)NC(=O)CCc1ccccn1. The third-order valence-corrected chi connectivity index (χ3v) is 2.74. The van der Waals surface area contributed by atoms with Gasteiger partial charge in [-0.1, -0.05) is 19.9 Å². The molecule has 3 N–H and O–H groups in total. The zero-order chi connectivity index (χ0) is 12.7. The minimum atomic E-state index is 0.0415. The second kappa shape index (κ2) is 7.01. The number of carbonyl (C=O) groups is 1. The van der Waals surface area contributed by atoms with E-state index in [1.165, 1.54) is 0 Å². The third kappa shape index (κ3) is 4.95. The Labute approximate surface area is 103 Å². The van der Waals surface area contributed by atoms with Crippen LogP contribution in [0, 0.1) is 5.92 Å². The van der Waals surface area contributed by atoms with E-state index < -0.39 is 0 Å². The van der Waals surface area contributed by atoms with Crippen LogP contribution < -0.4 is 11.1 Å². The Kier molecular flexibility index (Phi) is 5.63. The molecule has 0 radical (unpaired) electrons. The van der Waals surface area contributed by atoms with Crippen LogP contribution in [0.5, 0.6) is 0 Å². The Morgan fingerprint density at radius 2 is 2.24 bits per heavy atom. The molecule has 17 heavy (non-hydrogen) atoms. The van der Waals surface area contributed by atoms with Gasteiger partial charge in [0.15, 0.2) is 0 Å². The summed E-state index contributed by atoms with van der Waals surface area (Å²) in [6.45, 7) is 4.58. The number of nitrogens with one attached hydrogen (secondary N) is 1. The van der Waals surface area contributed by atoms with Gasteiger partial charge in [-0.15, -0.1) is 0 Å². The summed E-state index contributed by atoms with van der Waals surface area (Å²) >= 11 is 0. The first-order valence-corrected chi connectivity index (χ1v) is 6.02. The van der Waals surface area contributed by atoms with Crippen LogP contribution in [0.1, 0.15) is 26.0 Å². The molecule has 0 bridgehead atoms. The highest BCUT2D eigenvalue weighted by molar-refractivity contribution is 5.76. The van der Waals surface area contributed by atoms with Crippen molar-refractivity contribution in [1.82, 2.24) is 10.3 Å². The van der Waals surface area contributed by atoms with Gasteiger partial charge in [-0.25, -0.2) is 0 Å². The number of rotatable bonds is 6. The standard InChI is InChI=1S/C13H21N3O/c1-10(2)12(9-14)16-13(17)7-6-11-5-3-4-8-15-11/h3-5,8,10,12H,6-7,9,14H2,1-2H3,(H,16,17). The first-order valence-electron chi connectivity index (χ1n) is 6.02. The van der Waals surface area contributed by atoms with Crippen LogP contribution in [0.2, 0.25) is 0 Å². The molecule has 1 aromatic heterocycles. The van der Waals surface area contributed by atoms with Crippen LogP contribution >= 0.6 is 0 Å². The molecule has 1 heterocycles. The predicted molar refractivity (Wildman–Crippen MR) is 68.4 cm³/mol. The molecule has 1 aromatic rings. The number of aromatic nitrogens is 1. The lowest BCUT2D eigenvalue weighted by molar-refractivity contribution is -0.122. The molecule has 0 aliphatic carbocycles. The summed E-state index contributed by atoms with van der Waals surface area (Å²) in [7, 11) is 0. The Morgan fingerprint density at radius 1 is 1.47 bits per heavy atom. The lowest BCUT2D eigenvalue weighted by Crippen LogP contribution is -2.43. The van der Waals surface area contributed by atoms with Gasteiger partial charge in [-0.3, -0.25) is 9.78 Å². The number of aryl methyl sites for hydroxylation is 1. The van der Waals surface area contributed by atoms with Gasteiger partial charge in [0.05, 0.1) is 0 Å². The zero-order valence-corrected chi connectivity index (χ0v) is 10.5. The Balaban J connectivity index is 2.35. The summed E-state index contributed by atoms with van der Waals surface area (Å²) in [6, 6.07) is 5.78. The molecular formula is C13H21N3O. The number of hydrogen-bond donors (Lipinski definition) is 2. The van der Waals surface area contributed by atoms with Crippen LogP contribution in [-0.2, 0) is 11.2 Å².